The molecule has 1 heterocycles. The lowest BCUT2D eigenvalue weighted by Crippen LogP contribution is -2.10. The number of rotatable bonds is 2. The van der Waals surface area contributed by atoms with Crippen molar-refractivity contribution < 1.29 is 4.79 Å². The third-order valence-electron chi connectivity index (χ3n) is 3.94. The van der Waals surface area contributed by atoms with E-state index in [-0.39, 0.29) is 5.78 Å². The van der Waals surface area contributed by atoms with Crippen molar-refractivity contribution in [1.82, 2.24) is 10.2 Å². The molecule has 19 heavy (non-hydrogen) atoms. The minimum absolute atomic E-state index is 0.0969. The van der Waals surface area contributed by atoms with Crippen molar-refractivity contribution in [3.63, 3.8) is 0 Å². The van der Waals surface area contributed by atoms with Gasteiger partial charge in [-0.1, -0.05) is 25.1 Å². The molecular formula is C16H18N2O. The lowest BCUT2D eigenvalue weighted by molar-refractivity contribution is 0.101. The van der Waals surface area contributed by atoms with E-state index in [4.69, 9.17) is 0 Å². The van der Waals surface area contributed by atoms with Gasteiger partial charge in [-0.25, -0.2) is 0 Å². The van der Waals surface area contributed by atoms with E-state index in [1.54, 1.807) is 6.92 Å². The highest BCUT2D eigenvalue weighted by Crippen LogP contribution is 2.32. The number of nitrogens with zero attached hydrogens (tertiary/aromatic N) is 1. The van der Waals surface area contributed by atoms with Crippen molar-refractivity contribution in [3.8, 4) is 11.3 Å². The molecule has 0 saturated carbocycles. The second-order valence-electron chi connectivity index (χ2n) is 5.51. The van der Waals surface area contributed by atoms with Crippen LogP contribution in [0.25, 0.3) is 11.3 Å². The van der Waals surface area contributed by atoms with Crippen LogP contribution >= 0.6 is 0 Å². The van der Waals surface area contributed by atoms with Crippen LogP contribution in [0.3, 0.4) is 0 Å². The van der Waals surface area contributed by atoms with Gasteiger partial charge in [0, 0.05) is 22.4 Å². The normalized spacial score (nSPS) is 18.1. The predicted octanol–water partition coefficient (Wildman–Crippen LogP) is 3.40. The van der Waals surface area contributed by atoms with Crippen LogP contribution in [0.2, 0.25) is 0 Å². The molecule has 3 nitrogen and oxygen atoms in total. The summed E-state index contributed by atoms with van der Waals surface area (Å²) in [5.74, 6) is 0.805. The fraction of sp³-hybridized carbons (Fsp3) is 0.375. The number of hydrogen-bond donors (Lipinski definition) is 1. The van der Waals surface area contributed by atoms with E-state index >= 15 is 0 Å². The molecule has 1 aromatic heterocycles. The fourth-order valence-electron chi connectivity index (χ4n) is 2.79. The first-order chi connectivity index (χ1) is 9.15. The Hall–Kier alpha value is -1.90. The number of benzene rings is 1. The van der Waals surface area contributed by atoms with Crippen molar-refractivity contribution in [2.75, 3.05) is 0 Å². The summed E-state index contributed by atoms with van der Waals surface area (Å²) in [4.78, 5) is 11.5. The maximum absolute atomic E-state index is 11.5. The van der Waals surface area contributed by atoms with Gasteiger partial charge >= 0.3 is 0 Å². The fourth-order valence-corrected chi connectivity index (χ4v) is 2.79. The molecule has 1 N–H and O–H groups in total. The van der Waals surface area contributed by atoms with E-state index in [0.29, 0.717) is 5.92 Å². The number of aromatic amines is 1. The van der Waals surface area contributed by atoms with Crippen molar-refractivity contribution in [2.45, 2.75) is 33.1 Å². The zero-order valence-corrected chi connectivity index (χ0v) is 11.4. The molecular weight excluding hydrogens is 236 g/mol. The Balaban J connectivity index is 2.05. The number of ketones is 1. The third kappa shape index (κ3) is 2.21. The minimum atomic E-state index is 0.0969. The van der Waals surface area contributed by atoms with E-state index in [0.717, 1.165) is 29.7 Å². The quantitative estimate of drug-likeness (QED) is 0.835. The summed E-state index contributed by atoms with van der Waals surface area (Å²) in [5, 5.41) is 7.63. The van der Waals surface area contributed by atoms with Gasteiger partial charge in [-0.15, -0.1) is 0 Å². The summed E-state index contributed by atoms with van der Waals surface area (Å²) in [6, 6.07) is 7.76. The van der Waals surface area contributed by atoms with Crippen LogP contribution in [0.5, 0.6) is 0 Å². The summed E-state index contributed by atoms with van der Waals surface area (Å²) < 4.78 is 0. The summed E-state index contributed by atoms with van der Waals surface area (Å²) >= 11 is 0. The molecule has 1 aromatic carbocycles. The molecule has 2 aromatic rings. The lowest BCUT2D eigenvalue weighted by Gasteiger charge is -2.18. The first-order valence-corrected chi connectivity index (χ1v) is 6.82. The van der Waals surface area contributed by atoms with E-state index in [1.807, 2.05) is 24.3 Å². The number of carbonyl (C=O) groups is 1. The number of nitrogens with one attached hydrogen (secondary N) is 1. The molecule has 98 valence electrons. The average molecular weight is 254 g/mol. The molecule has 0 saturated heterocycles. The number of H-pyrrole nitrogens is 1. The second-order valence-corrected chi connectivity index (χ2v) is 5.51. The van der Waals surface area contributed by atoms with Gasteiger partial charge in [0.2, 0.25) is 0 Å². The van der Waals surface area contributed by atoms with Gasteiger partial charge in [0.1, 0.15) is 0 Å². The van der Waals surface area contributed by atoms with Crippen LogP contribution in [0.15, 0.2) is 24.3 Å². The van der Waals surface area contributed by atoms with E-state index in [2.05, 4.69) is 17.1 Å². The summed E-state index contributed by atoms with van der Waals surface area (Å²) in [6.45, 7) is 3.88. The Labute approximate surface area is 113 Å². The largest absolute Gasteiger partial charge is 0.295 e. The smallest absolute Gasteiger partial charge is 0.159 e. The average Bonchev–Trinajstić information content (AvgIpc) is 2.81. The SMILES string of the molecule is CC(=O)c1cccc(-c2n[nH]c3c2CC(C)CC3)c1. The monoisotopic (exact) mass is 254 g/mol. The summed E-state index contributed by atoms with van der Waals surface area (Å²) in [7, 11) is 0. The number of fused-ring (bicyclic) bond motifs is 1. The van der Waals surface area contributed by atoms with Gasteiger partial charge in [0.25, 0.3) is 0 Å². The molecule has 1 unspecified atom stereocenters. The molecule has 0 amide bonds. The van der Waals surface area contributed by atoms with Gasteiger partial charge in [-0.3, -0.25) is 9.89 Å². The van der Waals surface area contributed by atoms with E-state index in [9.17, 15) is 4.79 Å². The molecule has 0 aliphatic heterocycles. The number of hydrogen-bond acceptors (Lipinski definition) is 2. The van der Waals surface area contributed by atoms with Gasteiger partial charge in [0.05, 0.1) is 5.69 Å². The Bertz CT molecular complexity index is 627. The first-order valence-electron chi connectivity index (χ1n) is 6.82. The van der Waals surface area contributed by atoms with Gasteiger partial charge in [-0.05, 0) is 38.2 Å². The Morgan fingerprint density at radius 2 is 2.26 bits per heavy atom. The standard InChI is InChI=1S/C16H18N2O/c1-10-6-7-15-14(8-10)16(18-17-15)13-5-3-4-12(9-13)11(2)19/h3-5,9-10H,6-8H2,1-2H3,(H,17,18). The second kappa shape index (κ2) is 4.65. The highest BCUT2D eigenvalue weighted by atomic mass is 16.1. The molecule has 3 rings (SSSR count). The zero-order valence-electron chi connectivity index (χ0n) is 11.4. The van der Waals surface area contributed by atoms with Crippen LogP contribution in [0.1, 0.15) is 41.9 Å². The van der Waals surface area contributed by atoms with Gasteiger partial charge < -0.3 is 0 Å². The Morgan fingerprint density at radius 3 is 3.05 bits per heavy atom. The highest BCUT2D eigenvalue weighted by Gasteiger charge is 2.22. The summed E-state index contributed by atoms with van der Waals surface area (Å²) in [6.07, 6.45) is 3.38. The highest BCUT2D eigenvalue weighted by molar-refractivity contribution is 5.95. The molecule has 0 fully saturated rings. The van der Waals surface area contributed by atoms with Crippen LogP contribution in [-0.4, -0.2) is 16.0 Å². The topological polar surface area (TPSA) is 45.8 Å². The minimum Gasteiger partial charge on any atom is -0.295 e. The van der Waals surface area contributed by atoms with Crippen LogP contribution < -0.4 is 0 Å². The Morgan fingerprint density at radius 1 is 1.42 bits per heavy atom. The molecule has 1 aliphatic rings. The first kappa shape index (κ1) is 12.2. The third-order valence-corrected chi connectivity index (χ3v) is 3.94. The number of aromatic nitrogens is 2. The Kier molecular flexibility index (Phi) is 2.97. The number of carbonyl (C=O) groups excluding carboxylic acids is 1. The molecule has 0 bridgehead atoms. The molecule has 1 aliphatic carbocycles. The van der Waals surface area contributed by atoms with Crippen molar-refractivity contribution in [3.05, 3.63) is 41.1 Å². The molecule has 0 spiro atoms. The van der Waals surface area contributed by atoms with Gasteiger partial charge in [0.15, 0.2) is 5.78 Å². The maximum Gasteiger partial charge on any atom is 0.159 e. The van der Waals surface area contributed by atoms with Gasteiger partial charge in [-0.2, -0.15) is 5.10 Å². The maximum atomic E-state index is 11.5. The zero-order chi connectivity index (χ0) is 13.4. The predicted molar refractivity (Wildman–Crippen MR) is 75.2 cm³/mol. The molecule has 1 atom stereocenters. The molecule has 3 heteroatoms. The van der Waals surface area contributed by atoms with E-state index in [1.165, 1.54) is 17.7 Å². The van der Waals surface area contributed by atoms with Crippen molar-refractivity contribution >= 4 is 5.78 Å². The number of Topliss-reactive ketones (excluding diaryl/α,β-unsaturated/α-hetero) is 1. The molecule has 0 radical (unpaired) electrons. The number of aryl methyl sites for hydroxylation is 1. The summed E-state index contributed by atoms with van der Waals surface area (Å²) in [5.41, 5.74) is 5.41. The van der Waals surface area contributed by atoms with Crippen molar-refractivity contribution in [1.29, 1.82) is 0 Å². The van der Waals surface area contributed by atoms with Crippen LogP contribution in [-0.2, 0) is 12.8 Å². The van der Waals surface area contributed by atoms with Crippen molar-refractivity contribution in [2.24, 2.45) is 5.92 Å². The van der Waals surface area contributed by atoms with E-state index < -0.39 is 0 Å². The van der Waals surface area contributed by atoms with Crippen LogP contribution in [0, 0.1) is 5.92 Å². The lowest BCUT2D eigenvalue weighted by atomic mass is 9.86. The van der Waals surface area contributed by atoms with Crippen LogP contribution in [0.4, 0.5) is 0 Å².